The molecular weight excluding hydrogens is 374 g/mol. The van der Waals surface area contributed by atoms with Crippen LogP contribution in [0.5, 0.6) is 0 Å². The van der Waals surface area contributed by atoms with Crippen LogP contribution >= 0.6 is 12.4 Å². The maximum absolute atomic E-state index is 12.7. The fraction of sp³-hybridized carbons (Fsp3) is 0.571. The Labute approximate surface area is 150 Å². The summed E-state index contributed by atoms with van der Waals surface area (Å²) in [7, 11) is -3.99. The Balaban J connectivity index is 0.00000288. The molecule has 0 aliphatic carbocycles. The molecule has 1 aromatic carbocycles. The number of nitrogens with zero attached hydrogens (tertiary/aromatic N) is 1. The summed E-state index contributed by atoms with van der Waals surface area (Å²) in [5.41, 5.74) is 0. The smallest absolute Gasteiger partial charge is 0.243 e. The monoisotopic (exact) mass is 397 g/mol. The van der Waals surface area contributed by atoms with Crippen LogP contribution in [0.1, 0.15) is 12.8 Å². The number of piperidine rings is 1. The standard InChI is InChI=1S/C14H23N3O4S2.ClH/c1-15-10-12-4-3-9-17(11-12)23(20,21)14-7-5-13(6-8-14)22(18,19)16-2;/h5-8,12,15-16H,3-4,9-11H2,1-2H3;1H. The predicted octanol–water partition coefficient (Wildman–Crippen LogP) is 0.637. The van der Waals surface area contributed by atoms with Crippen molar-refractivity contribution in [2.45, 2.75) is 22.6 Å². The van der Waals surface area contributed by atoms with Gasteiger partial charge in [-0.25, -0.2) is 21.6 Å². The van der Waals surface area contributed by atoms with Crippen molar-refractivity contribution in [3.8, 4) is 0 Å². The minimum Gasteiger partial charge on any atom is -0.319 e. The van der Waals surface area contributed by atoms with Crippen molar-refractivity contribution in [1.29, 1.82) is 0 Å². The minimum absolute atomic E-state index is 0. The van der Waals surface area contributed by atoms with E-state index in [1.54, 1.807) is 0 Å². The number of nitrogens with one attached hydrogen (secondary N) is 2. The lowest BCUT2D eigenvalue weighted by atomic mass is 10.00. The number of hydrogen-bond donors (Lipinski definition) is 2. The van der Waals surface area contributed by atoms with Crippen molar-refractivity contribution >= 4 is 32.5 Å². The molecule has 7 nitrogen and oxygen atoms in total. The molecule has 0 radical (unpaired) electrons. The molecule has 138 valence electrons. The fourth-order valence-corrected chi connectivity index (χ4v) is 5.04. The van der Waals surface area contributed by atoms with E-state index in [1.807, 2.05) is 7.05 Å². The van der Waals surface area contributed by atoms with E-state index in [0.29, 0.717) is 19.0 Å². The van der Waals surface area contributed by atoms with Crippen LogP contribution in [0, 0.1) is 5.92 Å². The van der Waals surface area contributed by atoms with Gasteiger partial charge in [0.2, 0.25) is 20.0 Å². The maximum atomic E-state index is 12.7. The summed E-state index contributed by atoms with van der Waals surface area (Å²) in [6.45, 7) is 1.77. The van der Waals surface area contributed by atoms with Crippen LogP contribution in [0.3, 0.4) is 0 Å². The molecule has 1 fully saturated rings. The molecule has 0 amide bonds. The average Bonchev–Trinajstić information content (AvgIpc) is 2.55. The van der Waals surface area contributed by atoms with Gasteiger partial charge in [0.1, 0.15) is 0 Å². The highest BCUT2D eigenvalue weighted by atomic mass is 35.5. The van der Waals surface area contributed by atoms with Crippen LogP contribution in [0.15, 0.2) is 34.1 Å². The molecule has 2 N–H and O–H groups in total. The largest absolute Gasteiger partial charge is 0.319 e. The van der Waals surface area contributed by atoms with Crippen LogP contribution in [0.4, 0.5) is 0 Å². The van der Waals surface area contributed by atoms with Crippen molar-refractivity contribution in [3.63, 3.8) is 0 Å². The number of hydrogen-bond acceptors (Lipinski definition) is 5. The fourth-order valence-electron chi connectivity index (χ4n) is 2.76. The van der Waals surface area contributed by atoms with Gasteiger partial charge >= 0.3 is 0 Å². The third-order valence-corrected chi connectivity index (χ3v) is 7.32. The molecule has 1 aliphatic heterocycles. The topological polar surface area (TPSA) is 95.6 Å². The Morgan fingerprint density at radius 3 is 2.21 bits per heavy atom. The molecule has 1 saturated heterocycles. The van der Waals surface area contributed by atoms with Crippen molar-refractivity contribution in [2.24, 2.45) is 5.92 Å². The lowest BCUT2D eigenvalue weighted by Gasteiger charge is -2.31. The Hall–Kier alpha value is -0.710. The highest BCUT2D eigenvalue weighted by Gasteiger charge is 2.30. The van der Waals surface area contributed by atoms with Gasteiger partial charge in [-0.2, -0.15) is 4.31 Å². The number of rotatable bonds is 6. The van der Waals surface area contributed by atoms with Crippen molar-refractivity contribution in [1.82, 2.24) is 14.3 Å². The summed E-state index contributed by atoms with van der Waals surface area (Å²) in [6, 6.07) is 5.32. The first kappa shape index (κ1) is 21.3. The normalized spacial score (nSPS) is 19.7. The van der Waals surface area contributed by atoms with E-state index in [4.69, 9.17) is 0 Å². The lowest BCUT2D eigenvalue weighted by molar-refractivity contribution is 0.263. The molecule has 1 unspecified atom stereocenters. The van der Waals surface area contributed by atoms with Crippen LogP contribution in [0.25, 0.3) is 0 Å². The molecule has 1 heterocycles. The molecule has 0 spiro atoms. The number of halogens is 1. The minimum atomic E-state index is -3.59. The van der Waals surface area contributed by atoms with Gasteiger partial charge in [-0.1, -0.05) is 0 Å². The average molecular weight is 398 g/mol. The zero-order valence-corrected chi connectivity index (χ0v) is 16.2. The van der Waals surface area contributed by atoms with Crippen LogP contribution in [-0.4, -0.2) is 54.9 Å². The second kappa shape index (κ2) is 8.59. The zero-order chi connectivity index (χ0) is 17.1. The molecule has 2 rings (SSSR count). The van der Waals surface area contributed by atoms with E-state index in [-0.39, 0.29) is 22.2 Å². The first-order valence-electron chi connectivity index (χ1n) is 7.49. The SMILES string of the molecule is CNCC1CCCN(S(=O)(=O)c2ccc(S(=O)(=O)NC)cc2)C1.Cl. The van der Waals surface area contributed by atoms with E-state index in [2.05, 4.69) is 10.0 Å². The molecule has 1 atom stereocenters. The van der Waals surface area contributed by atoms with Crippen molar-refractivity contribution in [3.05, 3.63) is 24.3 Å². The van der Waals surface area contributed by atoms with Gasteiger partial charge in [0, 0.05) is 13.1 Å². The highest BCUT2D eigenvalue weighted by Crippen LogP contribution is 2.24. The molecule has 1 aromatic rings. The highest BCUT2D eigenvalue weighted by molar-refractivity contribution is 7.89. The van der Waals surface area contributed by atoms with E-state index in [1.165, 1.54) is 35.6 Å². The molecular formula is C14H24ClN3O4S2. The van der Waals surface area contributed by atoms with Gasteiger partial charge < -0.3 is 5.32 Å². The van der Waals surface area contributed by atoms with Crippen LogP contribution < -0.4 is 10.0 Å². The summed E-state index contributed by atoms with van der Waals surface area (Å²) < 4.78 is 52.5. The summed E-state index contributed by atoms with van der Waals surface area (Å²) in [4.78, 5) is 0.170. The third-order valence-electron chi connectivity index (χ3n) is 4.02. The molecule has 0 bridgehead atoms. The molecule has 0 saturated carbocycles. The van der Waals surface area contributed by atoms with Gasteiger partial charge in [0.15, 0.2) is 0 Å². The van der Waals surface area contributed by atoms with E-state index in [9.17, 15) is 16.8 Å². The van der Waals surface area contributed by atoms with Gasteiger partial charge in [-0.15, -0.1) is 12.4 Å². The Kier molecular flexibility index (Phi) is 7.64. The summed E-state index contributed by atoms with van der Waals surface area (Å²) >= 11 is 0. The summed E-state index contributed by atoms with van der Waals surface area (Å²) in [5.74, 6) is 0.299. The third kappa shape index (κ3) is 4.68. The first-order chi connectivity index (χ1) is 10.8. The second-order valence-corrected chi connectivity index (χ2v) is 9.43. The Bertz CT molecular complexity index is 734. The molecule has 10 heteroatoms. The van der Waals surface area contributed by atoms with Gasteiger partial charge in [-0.05, 0) is 63.7 Å². The zero-order valence-electron chi connectivity index (χ0n) is 13.7. The van der Waals surface area contributed by atoms with Gasteiger partial charge in [0.25, 0.3) is 0 Å². The molecule has 24 heavy (non-hydrogen) atoms. The Morgan fingerprint density at radius 1 is 1.08 bits per heavy atom. The van der Waals surface area contributed by atoms with Gasteiger partial charge in [-0.3, -0.25) is 0 Å². The van der Waals surface area contributed by atoms with E-state index < -0.39 is 20.0 Å². The predicted molar refractivity (Wildman–Crippen MR) is 95.3 cm³/mol. The van der Waals surface area contributed by atoms with Gasteiger partial charge in [0.05, 0.1) is 9.79 Å². The summed E-state index contributed by atoms with van der Waals surface area (Å²) in [6.07, 6.45) is 1.84. The maximum Gasteiger partial charge on any atom is 0.243 e. The van der Waals surface area contributed by atoms with Crippen LogP contribution in [-0.2, 0) is 20.0 Å². The summed E-state index contributed by atoms with van der Waals surface area (Å²) in [5, 5.41) is 3.08. The van der Waals surface area contributed by atoms with Crippen molar-refractivity contribution < 1.29 is 16.8 Å². The van der Waals surface area contributed by atoms with E-state index >= 15 is 0 Å². The van der Waals surface area contributed by atoms with Crippen molar-refractivity contribution in [2.75, 3.05) is 33.7 Å². The quantitative estimate of drug-likeness (QED) is 0.734. The Morgan fingerprint density at radius 2 is 1.67 bits per heavy atom. The lowest BCUT2D eigenvalue weighted by Crippen LogP contribution is -2.42. The molecule has 1 aliphatic rings. The molecule has 0 aromatic heterocycles. The number of benzene rings is 1. The van der Waals surface area contributed by atoms with Crippen LogP contribution in [0.2, 0.25) is 0 Å². The second-order valence-electron chi connectivity index (χ2n) is 5.61. The van der Waals surface area contributed by atoms with E-state index in [0.717, 1.165) is 19.4 Å². The number of sulfonamides is 2. The first-order valence-corrected chi connectivity index (χ1v) is 10.4.